The molecule has 1 aromatic rings. The lowest BCUT2D eigenvalue weighted by molar-refractivity contribution is -0.0884. The molecule has 1 aliphatic heterocycles. The summed E-state index contributed by atoms with van der Waals surface area (Å²) in [6.07, 6.45) is 0. The molecule has 1 aliphatic rings. The second-order valence-corrected chi connectivity index (χ2v) is 5.63. The summed E-state index contributed by atoms with van der Waals surface area (Å²) in [4.78, 5) is 2.22. The number of nitrogens with zero attached hydrogens (tertiary/aromatic N) is 1. The minimum atomic E-state index is -0.210. The molecule has 108 valence electrons. The van der Waals surface area contributed by atoms with E-state index in [0.717, 1.165) is 13.1 Å². The van der Waals surface area contributed by atoms with E-state index in [1.165, 1.54) is 6.07 Å². The van der Waals surface area contributed by atoms with E-state index in [9.17, 15) is 4.39 Å². The Bertz CT molecular complexity index is 531. The molecule has 1 fully saturated rings. The van der Waals surface area contributed by atoms with Crippen molar-refractivity contribution >= 4 is 0 Å². The van der Waals surface area contributed by atoms with Crippen molar-refractivity contribution in [2.45, 2.75) is 26.0 Å². The molecule has 2 N–H and O–H groups in total. The first-order valence-electron chi connectivity index (χ1n) is 6.84. The Morgan fingerprint density at radius 1 is 1.45 bits per heavy atom. The second-order valence-electron chi connectivity index (χ2n) is 5.63. The average Bonchev–Trinajstić information content (AvgIpc) is 2.38. The van der Waals surface area contributed by atoms with E-state index < -0.39 is 0 Å². The standard InChI is InChI=1S/C16H21FN2O/c1-16(2)12-19(8-9-20-16)11-14-6-5-13(4-3-7-18)10-15(14)17/h5-6,10H,7-9,11-12,18H2,1-2H3. The van der Waals surface area contributed by atoms with Crippen LogP contribution < -0.4 is 5.73 Å². The molecule has 0 radical (unpaired) electrons. The largest absolute Gasteiger partial charge is 0.373 e. The molecule has 1 saturated heterocycles. The zero-order valence-corrected chi connectivity index (χ0v) is 12.1. The van der Waals surface area contributed by atoms with E-state index in [2.05, 4.69) is 30.6 Å². The van der Waals surface area contributed by atoms with Crippen LogP contribution in [0.2, 0.25) is 0 Å². The summed E-state index contributed by atoms with van der Waals surface area (Å²) in [5.41, 5.74) is 6.50. The van der Waals surface area contributed by atoms with E-state index in [4.69, 9.17) is 10.5 Å². The van der Waals surface area contributed by atoms with Crippen LogP contribution in [0.15, 0.2) is 18.2 Å². The first kappa shape index (κ1) is 15.0. The molecule has 1 heterocycles. The molecule has 1 aromatic carbocycles. The van der Waals surface area contributed by atoms with Crippen molar-refractivity contribution < 1.29 is 9.13 Å². The van der Waals surface area contributed by atoms with Crippen LogP contribution >= 0.6 is 0 Å². The first-order valence-corrected chi connectivity index (χ1v) is 6.84. The minimum Gasteiger partial charge on any atom is -0.373 e. The van der Waals surface area contributed by atoms with Crippen LogP contribution in [0.5, 0.6) is 0 Å². The Kier molecular flexibility index (Phi) is 4.77. The molecule has 20 heavy (non-hydrogen) atoms. The lowest BCUT2D eigenvalue weighted by Gasteiger charge is -2.38. The van der Waals surface area contributed by atoms with Gasteiger partial charge in [0.05, 0.1) is 18.8 Å². The van der Waals surface area contributed by atoms with Gasteiger partial charge in [0.2, 0.25) is 0 Å². The highest BCUT2D eigenvalue weighted by atomic mass is 19.1. The van der Waals surface area contributed by atoms with Crippen LogP contribution in [-0.4, -0.2) is 36.7 Å². The van der Waals surface area contributed by atoms with Crippen molar-refractivity contribution in [3.05, 3.63) is 35.1 Å². The fourth-order valence-electron chi connectivity index (χ4n) is 2.40. The fourth-order valence-corrected chi connectivity index (χ4v) is 2.40. The average molecular weight is 276 g/mol. The maximum atomic E-state index is 14.1. The van der Waals surface area contributed by atoms with Crippen molar-refractivity contribution in [2.24, 2.45) is 5.73 Å². The van der Waals surface area contributed by atoms with Crippen molar-refractivity contribution in [2.75, 3.05) is 26.2 Å². The van der Waals surface area contributed by atoms with Gasteiger partial charge in [-0.25, -0.2) is 4.39 Å². The first-order chi connectivity index (χ1) is 9.50. The Hall–Kier alpha value is -1.41. The molecule has 4 heteroatoms. The van der Waals surface area contributed by atoms with Gasteiger partial charge in [0, 0.05) is 30.8 Å². The molecule has 0 aliphatic carbocycles. The lowest BCUT2D eigenvalue weighted by atomic mass is 10.1. The van der Waals surface area contributed by atoms with Crippen molar-refractivity contribution in [1.82, 2.24) is 4.90 Å². The number of halogens is 1. The molecular formula is C16H21FN2O. The number of ether oxygens (including phenoxy) is 1. The highest BCUT2D eigenvalue weighted by molar-refractivity contribution is 5.37. The number of benzene rings is 1. The van der Waals surface area contributed by atoms with Crippen LogP contribution in [-0.2, 0) is 11.3 Å². The van der Waals surface area contributed by atoms with Gasteiger partial charge >= 0.3 is 0 Å². The van der Waals surface area contributed by atoms with Crippen LogP contribution in [0.4, 0.5) is 4.39 Å². The van der Waals surface area contributed by atoms with Gasteiger partial charge in [-0.15, -0.1) is 0 Å². The maximum absolute atomic E-state index is 14.1. The van der Waals surface area contributed by atoms with Gasteiger partial charge in [-0.1, -0.05) is 17.9 Å². The molecule has 0 spiro atoms. The number of morpholine rings is 1. The van der Waals surface area contributed by atoms with Crippen molar-refractivity contribution in [1.29, 1.82) is 0 Å². The highest BCUT2D eigenvalue weighted by Crippen LogP contribution is 2.20. The maximum Gasteiger partial charge on any atom is 0.128 e. The summed E-state index contributed by atoms with van der Waals surface area (Å²) in [5, 5.41) is 0. The lowest BCUT2D eigenvalue weighted by Crippen LogP contribution is -2.47. The molecule has 0 saturated carbocycles. The molecule has 0 bridgehead atoms. The molecular weight excluding hydrogens is 255 g/mol. The van der Waals surface area contributed by atoms with E-state index >= 15 is 0 Å². The third kappa shape index (κ3) is 4.04. The number of hydrogen-bond acceptors (Lipinski definition) is 3. The highest BCUT2D eigenvalue weighted by Gasteiger charge is 2.27. The van der Waals surface area contributed by atoms with Gasteiger partial charge < -0.3 is 10.5 Å². The van der Waals surface area contributed by atoms with Crippen LogP contribution in [0.25, 0.3) is 0 Å². The van der Waals surface area contributed by atoms with Crippen molar-refractivity contribution in [3.63, 3.8) is 0 Å². The van der Waals surface area contributed by atoms with Gasteiger partial charge in [0.25, 0.3) is 0 Å². The molecule has 0 aromatic heterocycles. The summed E-state index contributed by atoms with van der Waals surface area (Å²) in [6.45, 7) is 7.32. The monoisotopic (exact) mass is 276 g/mol. The quantitative estimate of drug-likeness (QED) is 0.836. The Balaban J connectivity index is 2.06. The predicted molar refractivity (Wildman–Crippen MR) is 77.6 cm³/mol. The predicted octanol–water partition coefficient (Wildman–Crippen LogP) is 1.75. The van der Waals surface area contributed by atoms with E-state index in [0.29, 0.717) is 24.3 Å². The molecule has 0 atom stereocenters. The summed E-state index contributed by atoms with van der Waals surface area (Å²) in [6, 6.07) is 5.12. The third-order valence-corrected chi connectivity index (χ3v) is 3.29. The summed E-state index contributed by atoms with van der Waals surface area (Å²) in [5.74, 6) is 5.36. The van der Waals surface area contributed by atoms with Crippen molar-refractivity contribution in [3.8, 4) is 11.8 Å². The smallest absolute Gasteiger partial charge is 0.128 e. The third-order valence-electron chi connectivity index (χ3n) is 3.29. The van der Waals surface area contributed by atoms with Crippen LogP contribution in [0.3, 0.4) is 0 Å². The fraction of sp³-hybridized carbons (Fsp3) is 0.500. The SMILES string of the molecule is CC1(C)CN(Cc2ccc(C#CCN)cc2F)CCO1. The summed E-state index contributed by atoms with van der Waals surface area (Å²) in [7, 11) is 0. The summed E-state index contributed by atoms with van der Waals surface area (Å²) >= 11 is 0. The number of rotatable bonds is 2. The van der Waals surface area contributed by atoms with E-state index in [1.54, 1.807) is 6.07 Å². The molecule has 0 amide bonds. The molecule has 2 rings (SSSR count). The zero-order chi connectivity index (χ0) is 14.6. The number of nitrogens with two attached hydrogens (primary N) is 1. The summed E-state index contributed by atoms with van der Waals surface area (Å²) < 4.78 is 19.7. The van der Waals surface area contributed by atoms with Gasteiger partial charge in [0.1, 0.15) is 5.82 Å². The Labute approximate surface area is 119 Å². The van der Waals surface area contributed by atoms with Crippen LogP contribution in [0.1, 0.15) is 25.0 Å². The topological polar surface area (TPSA) is 38.5 Å². The Morgan fingerprint density at radius 3 is 2.90 bits per heavy atom. The molecule has 0 unspecified atom stereocenters. The second kappa shape index (κ2) is 6.36. The normalized spacial score (nSPS) is 18.4. The van der Waals surface area contributed by atoms with Gasteiger partial charge in [0.15, 0.2) is 0 Å². The minimum absolute atomic E-state index is 0.165. The molecule has 3 nitrogen and oxygen atoms in total. The van der Waals surface area contributed by atoms with E-state index in [1.807, 2.05) is 6.07 Å². The van der Waals surface area contributed by atoms with Gasteiger partial charge in [-0.3, -0.25) is 4.90 Å². The van der Waals surface area contributed by atoms with Crippen LogP contribution in [0, 0.1) is 17.7 Å². The zero-order valence-electron chi connectivity index (χ0n) is 12.1. The van der Waals surface area contributed by atoms with E-state index in [-0.39, 0.29) is 18.0 Å². The number of hydrogen-bond donors (Lipinski definition) is 1. The van der Waals surface area contributed by atoms with Gasteiger partial charge in [-0.05, 0) is 26.0 Å². The Morgan fingerprint density at radius 2 is 2.25 bits per heavy atom. The van der Waals surface area contributed by atoms with Gasteiger partial charge in [-0.2, -0.15) is 0 Å².